The van der Waals surface area contributed by atoms with Crippen molar-refractivity contribution >= 4 is 5.91 Å². The molecule has 0 saturated carbocycles. The fraction of sp³-hybridized carbons (Fsp3) is 0.409. The summed E-state index contributed by atoms with van der Waals surface area (Å²) in [5.41, 5.74) is 3.03. The predicted octanol–water partition coefficient (Wildman–Crippen LogP) is 2.48. The van der Waals surface area contributed by atoms with Gasteiger partial charge in [-0.2, -0.15) is 0 Å². The second-order valence-electron chi connectivity index (χ2n) is 7.72. The van der Waals surface area contributed by atoms with E-state index in [0.29, 0.717) is 17.5 Å². The number of hydrogen-bond acceptors (Lipinski definition) is 4. The maximum Gasteiger partial charge on any atom is 0.253 e. The van der Waals surface area contributed by atoms with Crippen molar-refractivity contribution < 1.29 is 9.90 Å². The number of carbonyl (C=O) groups excluding carboxylic acids is 1. The van der Waals surface area contributed by atoms with Crippen molar-refractivity contribution in [3.63, 3.8) is 0 Å². The van der Waals surface area contributed by atoms with E-state index in [2.05, 4.69) is 41.5 Å². The van der Waals surface area contributed by atoms with Crippen molar-refractivity contribution in [1.29, 1.82) is 0 Å². The van der Waals surface area contributed by atoms with Crippen molar-refractivity contribution in [2.24, 2.45) is 5.92 Å². The third-order valence-electron chi connectivity index (χ3n) is 5.83. The molecule has 1 aromatic rings. The topological polar surface area (TPSA) is 47.0 Å². The number of nitrogens with zero attached hydrogens (tertiary/aromatic N) is 3. The van der Waals surface area contributed by atoms with E-state index >= 15 is 0 Å². The third-order valence-corrected chi connectivity index (χ3v) is 5.83. The van der Waals surface area contributed by atoms with Gasteiger partial charge in [0.15, 0.2) is 0 Å². The number of benzene rings is 1. The molecule has 0 spiro atoms. The Morgan fingerprint density at radius 3 is 2.33 bits per heavy atom. The molecular formula is C22H27N3O2. The molecule has 1 amide bonds. The zero-order chi connectivity index (χ0) is 19.0. The van der Waals surface area contributed by atoms with Crippen LogP contribution in [0, 0.1) is 5.92 Å². The van der Waals surface area contributed by atoms with Gasteiger partial charge in [-0.3, -0.25) is 9.69 Å². The van der Waals surface area contributed by atoms with Crippen molar-refractivity contribution in [2.45, 2.75) is 13.0 Å². The molecule has 5 nitrogen and oxygen atoms in total. The quantitative estimate of drug-likeness (QED) is 0.891. The molecular weight excluding hydrogens is 338 g/mol. The first kappa shape index (κ1) is 17.9. The molecule has 2 fully saturated rings. The molecule has 0 aromatic heterocycles. The number of piperazine rings is 1. The lowest BCUT2D eigenvalue weighted by Gasteiger charge is -2.48. The third kappa shape index (κ3) is 3.65. The highest BCUT2D eigenvalue weighted by atomic mass is 16.3. The van der Waals surface area contributed by atoms with Crippen LogP contribution in [0.2, 0.25) is 0 Å². The van der Waals surface area contributed by atoms with Gasteiger partial charge >= 0.3 is 0 Å². The normalized spacial score (nSPS) is 23.3. The Labute approximate surface area is 160 Å². The number of carbonyl (C=O) groups is 1. The van der Waals surface area contributed by atoms with Gasteiger partial charge < -0.3 is 14.9 Å². The van der Waals surface area contributed by atoms with E-state index in [1.54, 1.807) is 24.3 Å². The minimum Gasteiger partial charge on any atom is -0.508 e. The summed E-state index contributed by atoms with van der Waals surface area (Å²) in [4.78, 5) is 19.2. The molecule has 27 heavy (non-hydrogen) atoms. The van der Waals surface area contributed by atoms with E-state index in [1.807, 2.05) is 4.90 Å². The molecule has 0 radical (unpaired) electrons. The number of phenolic OH excluding ortho intramolecular Hbond substituents is 1. The summed E-state index contributed by atoms with van der Waals surface area (Å²) in [5, 5.41) is 9.35. The van der Waals surface area contributed by atoms with E-state index in [1.165, 1.54) is 5.57 Å². The number of phenols is 1. The van der Waals surface area contributed by atoms with Crippen molar-refractivity contribution in [2.75, 3.05) is 39.3 Å². The summed E-state index contributed by atoms with van der Waals surface area (Å²) in [7, 11) is 0. The van der Waals surface area contributed by atoms with Crippen LogP contribution in [0.15, 0.2) is 60.3 Å². The van der Waals surface area contributed by atoms with Gasteiger partial charge in [-0.25, -0.2) is 0 Å². The van der Waals surface area contributed by atoms with E-state index in [9.17, 15) is 9.90 Å². The SMILES string of the molecule is C=C(C1=CC(C)C=C1)N1CCN(C2CN(C(=O)c3ccc(O)cc3)C2)CC1. The number of aromatic hydroxyl groups is 1. The lowest BCUT2D eigenvalue weighted by Crippen LogP contribution is -2.64. The van der Waals surface area contributed by atoms with Crippen LogP contribution in [0.3, 0.4) is 0 Å². The zero-order valence-corrected chi connectivity index (χ0v) is 15.8. The summed E-state index contributed by atoms with van der Waals surface area (Å²) in [6.07, 6.45) is 6.66. The summed E-state index contributed by atoms with van der Waals surface area (Å²) < 4.78 is 0. The predicted molar refractivity (Wildman–Crippen MR) is 106 cm³/mol. The Hall–Kier alpha value is -2.53. The molecule has 1 aromatic carbocycles. The summed E-state index contributed by atoms with van der Waals surface area (Å²) >= 11 is 0. The van der Waals surface area contributed by atoms with Crippen LogP contribution in [-0.2, 0) is 0 Å². The number of rotatable bonds is 4. The standard InChI is InChI=1S/C22H27N3O2/c1-16-3-4-19(13-16)17(2)23-9-11-24(12-10-23)20-14-25(15-20)22(27)18-5-7-21(26)8-6-18/h3-8,13,16,20,26H,2,9-12,14-15H2,1H3. The van der Waals surface area contributed by atoms with Gasteiger partial charge in [-0.15, -0.1) is 0 Å². The van der Waals surface area contributed by atoms with E-state index in [-0.39, 0.29) is 11.7 Å². The maximum atomic E-state index is 12.5. The molecule has 1 unspecified atom stereocenters. The summed E-state index contributed by atoms with van der Waals surface area (Å²) in [6.45, 7) is 12.0. The first-order chi connectivity index (χ1) is 13.0. The van der Waals surface area contributed by atoms with E-state index in [4.69, 9.17) is 0 Å². The van der Waals surface area contributed by atoms with Gasteiger partial charge in [-0.05, 0) is 35.8 Å². The number of amides is 1. The van der Waals surface area contributed by atoms with Gasteiger partial charge in [0, 0.05) is 56.6 Å². The van der Waals surface area contributed by atoms with Crippen molar-refractivity contribution in [1.82, 2.24) is 14.7 Å². The van der Waals surface area contributed by atoms with Crippen LogP contribution >= 0.6 is 0 Å². The molecule has 0 bridgehead atoms. The van der Waals surface area contributed by atoms with Crippen LogP contribution in [0.1, 0.15) is 17.3 Å². The molecule has 1 N–H and O–H groups in total. The van der Waals surface area contributed by atoms with Gasteiger partial charge in [-0.1, -0.05) is 31.7 Å². The Morgan fingerprint density at radius 2 is 1.74 bits per heavy atom. The first-order valence-corrected chi connectivity index (χ1v) is 9.68. The lowest BCUT2D eigenvalue weighted by molar-refractivity contribution is 0.0123. The monoisotopic (exact) mass is 365 g/mol. The van der Waals surface area contributed by atoms with Crippen LogP contribution in [0.5, 0.6) is 5.75 Å². The number of likely N-dealkylation sites (tertiary alicyclic amines) is 1. The van der Waals surface area contributed by atoms with Gasteiger partial charge in [0.05, 0.1) is 0 Å². The summed E-state index contributed by atoms with van der Waals surface area (Å²) in [5.74, 6) is 0.739. The molecule has 3 aliphatic rings. The van der Waals surface area contributed by atoms with Crippen LogP contribution in [0.4, 0.5) is 0 Å². The Bertz CT molecular complexity index is 782. The Kier molecular flexibility index (Phi) is 4.79. The zero-order valence-electron chi connectivity index (χ0n) is 15.8. The fourth-order valence-electron chi connectivity index (χ4n) is 4.02. The summed E-state index contributed by atoms with van der Waals surface area (Å²) in [6, 6.07) is 6.94. The van der Waals surface area contributed by atoms with Crippen LogP contribution in [0.25, 0.3) is 0 Å². The fourth-order valence-corrected chi connectivity index (χ4v) is 4.02. The van der Waals surface area contributed by atoms with Crippen molar-refractivity contribution in [3.8, 4) is 5.75 Å². The smallest absolute Gasteiger partial charge is 0.253 e. The molecule has 5 heteroatoms. The largest absolute Gasteiger partial charge is 0.508 e. The second kappa shape index (κ2) is 7.24. The first-order valence-electron chi connectivity index (χ1n) is 9.68. The van der Waals surface area contributed by atoms with Gasteiger partial charge in [0.2, 0.25) is 0 Å². The molecule has 142 valence electrons. The van der Waals surface area contributed by atoms with Gasteiger partial charge in [0.1, 0.15) is 5.75 Å². The molecule has 1 aliphatic carbocycles. The van der Waals surface area contributed by atoms with E-state index < -0.39 is 0 Å². The second-order valence-corrected chi connectivity index (χ2v) is 7.72. The Morgan fingerprint density at radius 1 is 1.07 bits per heavy atom. The van der Waals surface area contributed by atoms with Gasteiger partial charge in [0.25, 0.3) is 5.91 Å². The van der Waals surface area contributed by atoms with Crippen LogP contribution in [-0.4, -0.2) is 71.0 Å². The highest BCUT2D eigenvalue weighted by Gasteiger charge is 2.36. The molecule has 2 saturated heterocycles. The Balaban J connectivity index is 1.25. The number of allylic oxidation sites excluding steroid dienone is 3. The lowest BCUT2D eigenvalue weighted by atomic mass is 10.0. The van der Waals surface area contributed by atoms with Crippen molar-refractivity contribution in [3.05, 3.63) is 65.9 Å². The minimum atomic E-state index is 0.0485. The molecule has 1 atom stereocenters. The molecule has 4 rings (SSSR count). The average Bonchev–Trinajstić information content (AvgIpc) is 3.07. The molecule has 2 heterocycles. The minimum absolute atomic E-state index is 0.0485. The van der Waals surface area contributed by atoms with E-state index in [0.717, 1.165) is 45.0 Å². The highest BCUT2D eigenvalue weighted by Crippen LogP contribution is 2.26. The number of hydrogen-bond donors (Lipinski definition) is 1. The maximum absolute atomic E-state index is 12.5. The van der Waals surface area contributed by atoms with Crippen LogP contribution < -0.4 is 0 Å². The highest BCUT2D eigenvalue weighted by molar-refractivity contribution is 5.94. The molecule has 2 aliphatic heterocycles. The average molecular weight is 365 g/mol.